The van der Waals surface area contributed by atoms with E-state index < -0.39 is 10.0 Å². The van der Waals surface area contributed by atoms with Crippen molar-refractivity contribution in [2.45, 2.75) is 11.1 Å². The molecule has 98 valence electrons. The summed E-state index contributed by atoms with van der Waals surface area (Å²) in [4.78, 5) is 3.87. The molecule has 2 heterocycles. The van der Waals surface area contributed by atoms with Gasteiger partial charge in [-0.25, -0.2) is 13.4 Å². The monoisotopic (exact) mass is 357 g/mol. The molecule has 0 aliphatic carbocycles. The van der Waals surface area contributed by atoms with Gasteiger partial charge in [0.25, 0.3) is 10.0 Å². The van der Waals surface area contributed by atoms with Crippen molar-refractivity contribution in [2.24, 2.45) is 0 Å². The number of aryl methyl sites for hydroxylation is 1. The van der Waals surface area contributed by atoms with Gasteiger partial charge in [-0.3, -0.25) is 4.72 Å². The number of anilines is 1. The zero-order chi connectivity index (χ0) is 14.0. The highest BCUT2D eigenvalue weighted by Gasteiger charge is 2.18. The van der Waals surface area contributed by atoms with Gasteiger partial charge >= 0.3 is 0 Å². The minimum absolute atomic E-state index is 0.182. The van der Waals surface area contributed by atoms with Crippen LogP contribution in [0.25, 0.3) is 0 Å². The molecule has 8 heteroatoms. The molecular weight excluding hydrogens is 350 g/mol. The fraction of sp³-hybridized carbons (Fsp3) is 0.0909. The number of rotatable bonds is 3. The third-order valence-electron chi connectivity index (χ3n) is 2.23. The van der Waals surface area contributed by atoms with Crippen LogP contribution in [0, 0.1) is 18.3 Å². The number of nitriles is 1. The second kappa shape index (κ2) is 5.28. The Balaban J connectivity index is 2.28. The smallest absolute Gasteiger partial charge is 0.263 e. The molecule has 2 aromatic heterocycles. The molecule has 19 heavy (non-hydrogen) atoms. The lowest BCUT2D eigenvalue weighted by atomic mass is 10.3. The molecule has 2 rings (SSSR count). The van der Waals surface area contributed by atoms with Crippen LogP contribution in [-0.2, 0) is 10.0 Å². The maximum Gasteiger partial charge on any atom is 0.272 e. The van der Waals surface area contributed by atoms with E-state index in [0.717, 1.165) is 20.7 Å². The lowest BCUT2D eigenvalue weighted by Gasteiger charge is -2.04. The highest BCUT2D eigenvalue weighted by atomic mass is 79.9. The molecule has 0 bridgehead atoms. The van der Waals surface area contributed by atoms with Crippen LogP contribution in [0.3, 0.4) is 0 Å². The maximum absolute atomic E-state index is 12.1. The molecule has 0 atom stereocenters. The van der Waals surface area contributed by atoms with Crippen molar-refractivity contribution in [3.63, 3.8) is 0 Å². The second-order valence-corrected chi connectivity index (χ2v) is 7.95. The predicted molar refractivity (Wildman–Crippen MR) is 76.5 cm³/mol. The number of halogens is 1. The molecule has 5 nitrogen and oxygen atoms in total. The van der Waals surface area contributed by atoms with Gasteiger partial charge < -0.3 is 0 Å². The predicted octanol–water partition coefficient (Wildman–Crippen LogP) is 2.89. The maximum atomic E-state index is 12.1. The molecule has 0 unspecified atom stereocenters. The Morgan fingerprint density at radius 3 is 2.68 bits per heavy atom. The summed E-state index contributed by atoms with van der Waals surface area (Å²) >= 11 is 4.42. The average Bonchev–Trinajstić information content (AvgIpc) is 2.71. The first-order valence-electron chi connectivity index (χ1n) is 5.07. The molecule has 0 fully saturated rings. The molecule has 0 saturated carbocycles. The number of hydrogen-bond acceptors (Lipinski definition) is 5. The molecule has 0 aliphatic heterocycles. The summed E-state index contributed by atoms with van der Waals surface area (Å²) in [6, 6.07) is 6.45. The first kappa shape index (κ1) is 14.0. The fourth-order valence-electron chi connectivity index (χ4n) is 1.27. The molecule has 0 radical (unpaired) electrons. The number of thiophene rings is 1. The number of aromatic nitrogens is 1. The van der Waals surface area contributed by atoms with E-state index in [4.69, 9.17) is 5.26 Å². The first-order valence-corrected chi connectivity index (χ1v) is 8.16. The van der Waals surface area contributed by atoms with E-state index >= 15 is 0 Å². The minimum atomic E-state index is -3.64. The SMILES string of the molecule is Cc1cc(S(=O)(=O)Nc2ccc(C#N)cn2)sc1Br. The van der Waals surface area contributed by atoms with Gasteiger partial charge in [0, 0.05) is 6.20 Å². The van der Waals surface area contributed by atoms with E-state index in [1.165, 1.54) is 18.3 Å². The van der Waals surface area contributed by atoms with Crippen molar-refractivity contribution >= 4 is 43.1 Å². The van der Waals surface area contributed by atoms with Gasteiger partial charge in [-0.2, -0.15) is 5.26 Å². The van der Waals surface area contributed by atoms with Crippen molar-refractivity contribution in [1.29, 1.82) is 5.26 Å². The number of sulfonamides is 1. The van der Waals surface area contributed by atoms with Crippen LogP contribution >= 0.6 is 27.3 Å². The van der Waals surface area contributed by atoms with Gasteiger partial charge in [-0.05, 0) is 46.6 Å². The summed E-state index contributed by atoms with van der Waals surface area (Å²) in [5.41, 5.74) is 1.23. The van der Waals surface area contributed by atoms with Crippen molar-refractivity contribution in [1.82, 2.24) is 4.98 Å². The van der Waals surface area contributed by atoms with Crippen LogP contribution in [0.1, 0.15) is 11.1 Å². The van der Waals surface area contributed by atoms with Crippen molar-refractivity contribution in [3.05, 3.63) is 39.3 Å². The van der Waals surface area contributed by atoms with E-state index in [9.17, 15) is 8.42 Å². The molecule has 1 N–H and O–H groups in total. The lowest BCUT2D eigenvalue weighted by molar-refractivity contribution is 0.603. The molecule has 0 aromatic carbocycles. The third-order valence-corrected chi connectivity index (χ3v) is 6.20. The van der Waals surface area contributed by atoms with E-state index in [0.29, 0.717) is 5.56 Å². The van der Waals surface area contributed by atoms with E-state index in [1.54, 1.807) is 6.07 Å². The van der Waals surface area contributed by atoms with Crippen LogP contribution in [0.4, 0.5) is 5.82 Å². The zero-order valence-corrected chi connectivity index (χ0v) is 12.9. The van der Waals surface area contributed by atoms with E-state index in [2.05, 4.69) is 25.6 Å². The highest BCUT2D eigenvalue weighted by molar-refractivity contribution is 9.11. The molecule has 0 aliphatic rings. The van der Waals surface area contributed by atoms with Gasteiger partial charge in [0.1, 0.15) is 16.1 Å². The Morgan fingerprint density at radius 1 is 1.47 bits per heavy atom. The summed E-state index contributed by atoms with van der Waals surface area (Å²) in [7, 11) is -3.64. The average molecular weight is 358 g/mol. The summed E-state index contributed by atoms with van der Waals surface area (Å²) < 4.78 is 27.5. The quantitative estimate of drug-likeness (QED) is 0.915. The molecule has 0 spiro atoms. The molecule has 0 saturated heterocycles. The van der Waals surface area contributed by atoms with Crippen LogP contribution in [0.15, 0.2) is 32.4 Å². The van der Waals surface area contributed by atoms with E-state index in [-0.39, 0.29) is 10.0 Å². The number of pyridine rings is 1. The molecule has 2 aromatic rings. The van der Waals surface area contributed by atoms with E-state index in [1.807, 2.05) is 13.0 Å². The minimum Gasteiger partial charge on any atom is -0.263 e. The van der Waals surface area contributed by atoms with Crippen molar-refractivity contribution < 1.29 is 8.42 Å². The van der Waals surface area contributed by atoms with Gasteiger partial charge in [-0.1, -0.05) is 0 Å². The van der Waals surface area contributed by atoms with Gasteiger partial charge in [0.05, 0.1) is 9.35 Å². The van der Waals surface area contributed by atoms with Crippen LogP contribution < -0.4 is 4.72 Å². The Kier molecular flexibility index (Phi) is 3.89. The standard InChI is InChI=1S/C11H8BrN3O2S2/c1-7-4-10(18-11(7)12)19(16,17)15-9-3-2-8(5-13)6-14-9/h2-4,6H,1H3,(H,14,15). The Morgan fingerprint density at radius 2 is 2.21 bits per heavy atom. The van der Waals surface area contributed by atoms with Crippen molar-refractivity contribution in [3.8, 4) is 6.07 Å². The van der Waals surface area contributed by atoms with Gasteiger partial charge in [0.15, 0.2) is 0 Å². The van der Waals surface area contributed by atoms with Gasteiger partial charge in [-0.15, -0.1) is 11.3 Å². The highest BCUT2D eigenvalue weighted by Crippen LogP contribution is 2.31. The Hall–Kier alpha value is -1.43. The second-order valence-electron chi connectivity index (χ2n) is 3.67. The largest absolute Gasteiger partial charge is 0.272 e. The van der Waals surface area contributed by atoms with Crippen LogP contribution in [0.2, 0.25) is 0 Å². The Labute approximate surface area is 123 Å². The van der Waals surface area contributed by atoms with Crippen LogP contribution in [0.5, 0.6) is 0 Å². The topological polar surface area (TPSA) is 82.9 Å². The zero-order valence-electron chi connectivity index (χ0n) is 9.71. The number of nitrogens with zero attached hydrogens (tertiary/aromatic N) is 2. The number of hydrogen-bond donors (Lipinski definition) is 1. The summed E-state index contributed by atoms with van der Waals surface area (Å²) in [5.74, 6) is 0.182. The lowest BCUT2D eigenvalue weighted by Crippen LogP contribution is -2.12. The first-order chi connectivity index (χ1) is 8.92. The van der Waals surface area contributed by atoms with Crippen LogP contribution in [-0.4, -0.2) is 13.4 Å². The summed E-state index contributed by atoms with van der Waals surface area (Å²) in [6.45, 7) is 1.82. The Bertz CT molecular complexity index is 726. The number of nitrogens with one attached hydrogen (secondary N) is 1. The summed E-state index contributed by atoms with van der Waals surface area (Å²) in [5, 5.41) is 8.64. The molecule has 0 amide bonds. The summed E-state index contributed by atoms with van der Waals surface area (Å²) in [6.07, 6.45) is 1.31. The molecular formula is C11H8BrN3O2S2. The van der Waals surface area contributed by atoms with Crippen molar-refractivity contribution in [2.75, 3.05) is 4.72 Å². The normalized spacial score (nSPS) is 11.0. The third kappa shape index (κ3) is 3.12. The fourth-order valence-corrected chi connectivity index (χ4v) is 4.51. The van der Waals surface area contributed by atoms with Gasteiger partial charge in [0.2, 0.25) is 0 Å².